The fraction of sp³-hybridized carbons (Fsp3) is 0.636. The van der Waals surface area contributed by atoms with Crippen molar-refractivity contribution >= 4 is 12.0 Å². The first-order chi connectivity index (χ1) is 7.07. The molecule has 1 heterocycles. The number of cyclic esters (lactones) is 1. The van der Waals surface area contributed by atoms with E-state index in [2.05, 4.69) is 0 Å². The van der Waals surface area contributed by atoms with Gasteiger partial charge in [0.2, 0.25) is 5.91 Å². The van der Waals surface area contributed by atoms with Gasteiger partial charge in [-0.15, -0.1) is 0 Å². The van der Waals surface area contributed by atoms with Crippen LogP contribution in [0.1, 0.15) is 27.2 Å². The van der Waals surface area contributed by atoms with Crippen LogP contribution >= 0.6 is 0 Å². The van der Waals surface area contributed by atoms with E-state index in [9.17, 15) is 9.59 Å². The van der Waals surface area contributed by atoms with E-state index in [0.717, 1.165) is 0 Å². The molecule has 1 fully saturated rings. The van der Waals surface area contributed by atoms with E-state index in [0.29, 0.717) is 6.61 Å². The summed E-state index contributed by atoms with van der Waals surface area (Å²) in [5.41, 5.74) is 0. The molecule has 0 aromatic carbocycles. The van der Waals surface area contributed by atoms with E-state index in [1.165, 1.54) is 4.90 Å². The summed E-state index contributed by atoms with van der Waals surface area (Å²) in [6, 6.07) is -0.116. The lowest BCUT2D eigenvalue weighted by molar-refractivity contribution is -0.128. The molecule has 0 unspecified atom stereocenters. The van der Waals surface area contributed by atoms with Crippen molar-refractivity contribution in [3.05, 3.63) is 12.2 Å². The predicted octanol–water partition coefficient (Wildman–Crippen LogP) is 1.96. The van der Waals surface area contributed by atoms with Gasteiger partial charge >= 0.3 is 6.09 Å². The highest BCUT2D eigenvalue weighted by Gasteiger charge is 2.38. The van der Waals surface area contributed by atoms with Gasteiger partial charge in [0.05, 0.1) is 6.04 Å². The van der Waals surface area contributed by atoms with Crippen molar-refractivity contribution in [1.82, 2.24) is 4.90 Å². The highest BCUT2D eigenvalue weighted by atomic mass is 16.6. The van der Waals surface area contributed by atoms with Crippen molar-refractivity contribution in [1.29, 1.82) is 0 Å². The largest absolute Gasteiger partial charge is 0.447 e. The number of hydrogen-bond acceptors (Lipinski definition) is 3. The van der Waals surface area contributed by atoms with Crippen molar-refractivity contribution in [2.75, 3.05) is 6.61 Å². The molecule has 1 saturated heterocycles. The molecule has 84 valence electrons. The van der Waals surface area contributed by atoms with Crippen LogP contribution in [0.5, 0.6) is 0 Å². The molecule has 0 aromatic heterocycles. The first kappa shape index (κ1) is 11.8. The Bertz CT molecular complexity index is 284. The van der Waals surface area contributed by atoms with Crippen molar-refractivity contribution in [3.8, 4) is 0 Å². The quantitative estimate of drug-likeness (QED) is 0.670. The van der Waals surface area contributed by atoms with Gasteiger partial charge in [0.1, 0.15) is 6.61 Å². The predicted molar refractivity (Wildman–Crippen MR) is 56.3 cm³/mol. The molecule has 1 rings (SSSR count). The van der Waals surface area contributed by atoms with E-state index in [1.807, 2.05) is 20.8 Å². The Kier molecular flexibility index (Phi) is 3.88. The highest BCUT2D eigenvalue weighted by molar-refractivity contribution is 5.94. The Morgan fingerprint density at radius 2 is 2.33 bits per heavy atom. The van der Waals surface area contributed by atoms with Gasteiger partial charge in [0.25, 0.3) is 0 Å². The van der Waals surface area contributed by atoms with E-state index >= 15 is 0 Å². The SMILES string of the molecule is C/C=C/CC(=O)N1C(=O)OC[C@@H]1C(C)C. The van der Waals surface area contributed by atoms with Gasteiger partial charge < -0.3 is 4.74 Å². The maximum absolute atomic E-state index is 11.7. The molecule has 1 aliphatic rings. The number of ether oxygens (including phenoxy) is 1. The van der Waals surface area contributed by atoms with E-state index in [1.54, 1.807) is 12.2 Å². The number of carbonyl (C=O) groups is 2. The average Bonchev–Trinajstić information content (AvgIpc) is 2.56. The second-order valence-corrected chi connectivity index (χ2v) is 3.93. The molecule has 0 N–H and O–H groups in total. The molecule has 1 atom stereocenters. The van der Waals surface area contributed by atoms with Gasteiger partial charge in [-0.3, -0.25) is 4.79 Å². The average molecular weight is 211 g/mol. The van der Waals surface area contributed by atoms with Crippen LogP contribution in [0.15, 0.2) is 12.2 Å². The Balaban J connectivity index is 2.71. The topological polar surface area (TPSA) is 46.6 Å². The summed E-state index contributed by atoms with van der Waals surface area (Å²) in [6.45, 7) is 6.11. The van der Waals surface area contributed by atoms with Crippen LogP contribution in [0.25, 0.3) is 0 Å². The number of amides is 2. The fourth-order valence-corrected chi connectivity index (χ4v) is 1.53. The summed E-state index contributed by atoms with van der Waals surface area (Å²) < 4.78 is 4.88. The number of carbonyl (C=O) groups excluding carboxylic acids is 2. The molecule has 0 bridgehead atoms. The minimum Gasteiger partial charge on any atom is -0.447 e. The minimum absolute atomic E-state index is 0.116. The van der Waals surface area contributed by atoms with Crippen molar-refractivity contribution in [2.24, 2.45) is 5.92 Å². The normalized spacial score (nSPS) is 21.5. The molecule has 0 radical (unpaired) electrons. The van der Waals surface area contributed by atoms with Crippen LogP contribution < -0.4 is 0 Å². The molecule has 2 amide bonds. The molecule has 4 heteroatoms. The number of hydrogen-bond donors (Lipinski definition) is 0. The summed E-state index contributed by atoms with van der Waals surface area (Å²) >= 11 is 0. The van der Waals surface area contributed by atoms with Crippen molar-refractivity contribution in [3.63, 3.8) is 0 Å². The second-order valence-electron chi connectivity index (χ2n) is 3.93. The molecule has 0 saturated carbocycles. The highest BCUT2D eigenvalue weighted by Crippen LogP contribution is 2.20. The molecule has 0 spiro atoms. The Morgan fingerprint density at radius 3 is 2.87 bits per heavy atom. The lowest BCUT2D eigenvalue weighted by atomic mass is 10.0. The van der Waals surface area contributed by atoms with Gasteiger partial charge in [-0.05, 0) is 12.8 Å². The standard InChI is InChI=1S/C11H17NO3/c1-4-5-6-10(13)12-9(8(2)3)7-15-11(12)14/h4-5,8-9H,6-7H2,1-3H3/b5-4+/t9-/m1/s1. The van der Waals surface area contributed by atoms with Gasteiger partial charge in [0, 0.05) is 6.42 Å². The third kappa shape index (κ3) is 2.58. The molecule has 4 nitrogen and oxygen atoms in total. The summed E-state index contributed by atoms with van der Waals surface area (Å²) in [7, 11) is 0. The minimum atomic E-state index is -0.511. The van der Waals surface area contributed by atoms with Gasteiger partial charge in [-0.2, -0.15) is 0 Å². The third-order valence-electron chi connectivity index (χ3n) is 2.47. The summed E-state index contributed by atoms with van der Waals surface area (Å²) in [4.78, 5) is 24.3. The third-order valence-corrected chi connectivity index (χ3v) is 2.47. The van der Waals surface area contributed by atoms with Crippen LogP contribution in [0.4, 0.5) is 4.79 Å². The molecule has 0 aromatic rings. The van der Waals surface area contributed by atoms with Crippen molar-refractivity contribution in [2.45, 2.75) is 33.2 Å². The van der Waals surface area contributed by atoms with Gasteiger partial charge in [-0.1, -0.05) is 26.0 Å². The lowest BCUT2D eigenvalue weighted by Crippen LogP contribution is -2.41. The fourth-order valence-electron chi connectivity index (χ4n) is 1.53. The van der Waals surface area contributed by atoms with Gasteiger partial charge in [-0.25, -0.2) is 9.69 Å². The van der Waals surface area contributed by atoms with Crippen LogP contribution in [0, 0.1) is 5.92 Å². The molecular formula is C11H17NO3. The zero-order valence-corrected chi connectivity index (χ0v) is 9.40. The first-order valence-corrected chi connectivity index (χ1v) is 5.18. The number of imide groups is 1. The van der Waals surface area contributed by atoms with Crippen LogP contribution in [-0.2, 0) is 9.53 Å². The number of nitrogens with zero attached hydrogens (tertiary/aromatic N) is 1. The molecule has 1 aliphatic heterocycles. The summed E-state index contributed by atoms with van der Waals surface area (Å²) in [6.07, 6.45) is 3.28. The maximum atomic E-state index is 11.7. The summed E-state index contributed by atoms with van der Waals surface area (Å²) in [5.74, 6) is 0.0420. The Labute approximate surface area is 89.9 Å². The zero-order valence-electron chi connectivity index (χ0n) is 9.40. The van der Waals surface area contributed by atoms with E-state index in [4.69, 9.17) is 4.74 Å². The van der Waals surface area contributed by atoms with Crippen LogP contribution in [0.2, 0.25) is 0 Å². The van der Waals surface area contributed by atoms with E-state index in [-0.39, 0.29) is 24.3 Å². The number of rotatable bonds is 3. The van der Waals surface area contributed by atoms with E-state index < -0.39 is 6.09 Å². The van der Waals surface area contributed by atoms with Gasteiger partial charge in [0.15, 0.2) is 0 Å². The Hall–Kier alpha value is -1.32. The molecular weight excluding hydrogens is 194 g/mol. The second kappa shape index (κ2) is 4.96. The smallest absolute Gasteiger partial charge is 0.416 e. The monoisotopic (exact) mass is 211 g/mol. The summed E-state index contributed by atoms with van der Waals surface area (Å²) in [5, 5.41) is 0. The zero-order chi connectivity index (χ0) is 11.4. The number of allylic oxidation sites excluding steroid dienone is 1. The lowest BCUT2D eigenvalue weighted by Gasteiger charge is -2.21. The maximum Gasteiger partial charge on any atom is 0.416 e. The van der Waals surface area contributed by atoms with Crippen LogP contribution in [-0.4, -0.2) is 29.5 Å². The molecule has 15 heavy (non-hydrogen) atoms. The molecule has 0 aliphatic carbocycles. The van der Waals surface area contributed by atoms with Crippen molar-refractivity contribution < 1.29 is 14.3 Å². The first-order valence-electron chi connectivity index (χ1n) is 5.18. The van der Waals surface area contributed by atoms with Crippen LogP contribution in [0.3, 0.4) is 0 Å². The Morgan fingerprint density at radius 1 is 1.67 bits per heavy atom.